The summed E-state index contributed by atoms with van der Waals surface area (Å²) in [5.41, 5.74) is 3.61. The van der Waals surface area contributed by atoms with Crippen LogP contribution in [0.15, 0.2) is 35.2 Å². The number of halogens is 1. The van der Waals surface area contributed by atoms with Gasteiger partial charge in [0, 0.05) is 18.8 Å². The molecule has 0 spiro atoms. The molecule has 1 N–H and O–H groups in total. The Kier molecular flexibility index (Phi) is 6.10. The molecule has 0 aromatic heterocycles. The molecule has 1 aliphatic rings. The summed E-state index contributed by atoms with van der Waals surface area (Å²) in [6.45, 7) is 7.83. The number of carbonyl (C=O) groups is 1. The highest BCUT2D eigenvalue weighted by atomic mass is 32.2. The zero-order valence-corrected chi connectivity index (χ0v) is 18.1. The maximum atomic E-state index is 13.5. The van der Waals surface area contributed by atoms with Crippen molar-refractivity contribution in [3.63, 3.8) is 0 Å². The Morgan fingerprint density at radius 1 is 1.07 bits per heavy atom. The number of carbonyl (C=O) groups excluding carboxylic acids is 1. The van der Waals surface area contributed by atoms with E-state index in [-0.39, 0.29) is 12.5 Å². The summed E-state index contributed by atoms with van der Waals surface area (Å²) in [6, 6.07) is 7.95. The summed E-state index contributed by atoms with van der Waals surface area (Å²) in [4.78, 5) is 13.1. The maximum absolute atomic E-state index is 13.5. The van der Waals surface area contributed by atoms with Crippen LogP contribution in [0, 0.1) is 39.4 Å². The molecule has 1 atom stereocenters. The fraction of sp³-hybridized carbons (Fsp3) is 0.409. The third-order valence-corrected chi connectivity index (χ3v) is 7.59. The molecule has 1 fully saturated rings. The molecule has 0 radical (unpaired) electrons. The van der Waals surface area contributed by atoms with Crippen molar-refractivity contribution in [2.45, 2.75) is 45.4 Å². The van der Waals surface area contributed by atoms with Crippen LogP contribution >= 0.6 is 0 Å². The molecule has 5 nitrogen and oxygen atoms in total. The second-order valence-corrected chi connectivity index (χ2v) is 9.75. The lowest BCUT2D eigenvalue weighted by Gasteiger charge is -2.32. The van der Waals surface area contributed by atoms with E-state index in [0.29, 0.717) is 41.1 Å². The van der Waals surface area contributed by atoms with Crippen LogP contribution in [-0.2, 0) is 14.8 Å². The number of nitrogens with one attached hydrogen (secondary N) is 1. The molecule has 1 heterocycles. The highest BCUT2D eigenvalue weighted by Crippen LogP contribution is 2.29. The minimum atomic E-state index is -3.70. The molecule has 0 aliphatic carbocycles. The lowest BCUT2D eigenvalue weighted by molar-refractivity contribution is -0.120. The normalized spacial score (nSPS) is 17.9. The summed E-state index contributed by atoms with van der Waals surface area (Å²) in [6.07, 6.45) is 1.20. The van der Waals surface area contributed by atoms with Crippen molar-refractivity contribution in [1.82, 2.24) is 4.31 Å². The zero-order valence-electron chi connectivity index (χ0n) is 17.3. The van der Waals surface area contributed by atoms with E-state index in [0.717, 1.165) is 11.1 Å². The SMILES string of the molecule is Cc1cc(C)c(S(=O)(=O)N2CCCC(C(=O)Nc3cc(F)ccc3C)C2)c(C)c1. The van der Waals surface area contributed by atoms with Gasteiger partial charge in [0.25, 0.3) is 0 Å². The number of hydrogen-bond donors (Lipinski definition) is 1. The van der Waals surface area contributed by atoms with Crippen molar-refractivity contribution in [3.05, 3.63) is 58.4 Å². The first kappa shape index (κ1) is 21.5. The van der Waals surface area contributed by atoms with Crippen molar-refractivity contribution in [2.24, 2.45) is 5.92 Å². The van der Waals surface area contributed by atoms with Gasteiger partial charge in [-0.2, -0.15) is 4.31 Å². The molecule has 0 saturated carbocycles. The minimum absolute atomic E-state index is 0.120. The van der Waals surface area contributed by atoms with Gasteiger partial charge < -0.3 is 5.32 Å². The van der Waals surface area contributed by atoms with E-state index >= 15 is 0 Å². The second kappa shape index (κ2) is 8.24. The molecule has 156 valence electrons. The van der Waals surface area contributed by atoms with E-state index in [1.54, 1.807) is 26.8 Å². The van der Waals surface area contributed by atoms with E-state index in [1.165, 1.54) is 16.4 Å². The van der Waals surface area contributed by atoms with Gasteiger partial charge in [0.05, 0.1) is 10.8 Å². The summed E-state index contributed by atoms with van der Waals surface area (Å²) in [7, 11) is -3.70. The number of aryl methyl sites for hydroxylation is 4. The summed E-state index contributed by atoms with van der Waals surface area (Å²) >= 11 is 0. The molecule has 1 unspecified atom stereocenters. The fourth-order valence-electron chi connectivity index (χ4n) is 4.04. The van der Waals surface area contributed by atoms with Gasteiger partial charge in [-0.25, -0.2) is 12.8 Å². The first-order valence-electron chi connectivity index (χ1n) is 9.74. The van der Waals surface area contributed by atoms with Crippen LogP contribution in [0.25, 0.3) is 0 Å². The Morgan fingerprint density at radius 2 is 1.72 bits per heavy atom. The topological polar surface area (TPSA) is 66.5 Å². The van der Waals surface area contributed by atoms with Crippen molar-refractivity contribution >= 4 is 21.6 Å². The van der Waals surface area contributed by atoms with Gasteiger partial charge in [-0.3, -0.25) is 4.79 Å². The monoisotopic (exact) mass is 418 g/mol. The molecular formula is C22H27FN2O3S. The third kappa shape index (κ3) is 4.51. The first-order chi connectivity index (χ1) is 13.6. The van der Waals surface area contributed by atoms with E-state index in [2.05, 4.69) is 5.32 Å². The number of rotatable bonds is 4. The van der Waals surface area contributed by atoms with Crippen LogP contribution in [0.3, 0.4) is 0 Å². The van der Waals surface area contributed by atoms with Crippen molar-refractivity contribution in [3.8, 4) is 0 Å². The Hall–Kier alpha value is -2.25. The van der Waals surface area contributed by atoms with Gasteiger partial charge in [0.15, 0.2) is 0 Å². The van der Waals surface area contributed by atoms with Crippen molar-refractivity contribution in [1.29, 1.82) is 0 Å². The quantitative estimate of drug-likeness (QED) is 0.813. The van der Waals surface area contributed by atoms with Gasteiger partial charge in [0.1, 0.15) is 5.82 Å². The summed E-state index contributed by atoms with van der Waals surface area (Å²) < 4.78 is 41.5. The number of amides is 1. The van der Waals surface area contributed by atoms with Crippen LogP contribution < -0.4 is 5.32 Å². The van der Waals surface area contributed by atoms with Gasteiger partial charge in [-0.1, -0.05) is 23.8 Å². The molecular weight excluding hydrogens is 391 g/mol. The maximum Gasteiger partial charge on any atom is 0.243 e. The predicted molar refractivity (Wildman–Crippen MR) is 112 cm³/mol. The van der Waals surface area contributed by atoms with Crippen LogP contribution in [0.4, 0.5) is 10.1 Å². The first-order valence-corrected chi connectivity index (χ1v) is 11.2. The number of sulfonamides is 1. The highest BCUT2D eigenvalue weighted by Gasteiger charge is 2.35. The zero-order chi connectivity index (χ0) is 21.3. The number of nitrogens with zero attached hydrogens (tertiary/aromatic N) is 1. The predicted octanol–water partition coefficient (Wildman–Crippen LogP) is 4.10. The van der Waals surface area contributed by atoms with E-state index in [1.807, 2.05) is 19.1 Å². The Morgan fingerprint density at radius 3 is 2.38 bits per heavy atom. The van der Waals surface area contributed by atoms with E-state index < -0.39 is 21.8 Å². The largest absolute Gasteiger partial charge is 0.325 e. The number of piperidine rings is 1. The Labute approximate surface area is 172 Å². The highest BCUT2D eigenvalue weighted by molar-refractivity contribution is 7.89. The van der Waals surface area contributed by atoms with Gasteiger partial charge in [-0.15, -0.1) is 0 Å². The summed E-state index contributed by atoms with van der Waals surface area (Å²) in [5.74, 6) is -1.19. The number of benzene rings is 2. The van der Waals surface area contributed by atoms with E-state index in [4.69, 9.17) is 0 Å². The van der Waals surface area contributed by atoms with Crippen LogP contribution in [-0.4, -0.2) is 31.7 Å². The van der Waals surface area contributed by atoms with Crippen LogP contribution in [0.1, 0.15) is 35.1 Å². The molecule has 7 heteroatoms. The number of anilines is 1. The molecule has 1 aliphatic heterocycles. The lowest BCUT2D eigenvalue weighted by atomic mass is 9.98. The molecule has 2 aromatic carbocycles. The van der Waals surface area contributed by atoms with Crippen molar-refractivity contribution < 1.29 is 17.6 Å². The standard InChI is InChI=1S/C22H27FN2O3S/c1-14-10-16(3)21(17(4)11-14)29(27,28)25-9-5-6-18(13-25)22(26)24-20-12-19(23)8-7-15(20)2/h7-8,10-12,18H,5-6,9,13H2,1-4H3,(H,24,26). The molecule has 3 rings (SSSR count). The third-order valence-electron chi connectivity index (χ3n) is 5.41. The van der Waals surface area contributed by atoms with Gasteiger partial charge >= 0.3 is 0 Å². The number of hydrogen-bond acceptors (Lipinski definition) is 3. The molecule has 1 saturated heterocycles. The van der Waals surface area contributed by atoms with Crippen LogP contribution in [0.2, 0.25) is 0 Å². The van der Waals surface area contributed by atoms with Gasteiger partial charge in [-0.05, 0) is 69.4 Å². The summed E-state index contributed by atoms with van der Waals surface area (Å²) in [5, 5.41) is 2.76. The molecule has 2 aromatic rings. The second-order valence-electron chi connectivity index (χ2n) is 7.88. The average Bonchev–Trinajstić information content (AvgIpc) is 2.63. The van der Waals surface area contributed by atoms with Crippen molar-refractivity contribution in [2.75, 3.05) is 18.4 Å². The molecule has 1 amide bonds. The molecule has 0 bridgehead atoms. The minimum Gasteiger partial charge on any atom is -0.325 e. The van der Waals surface area contributed by atoms with Gasteiger partial charge in [0.2, 0.25) is 15.9 Å². The lowest BCUT2D eigenvalue weighted by Crippen LogP contribution is -2.44. The fourth-order valence-corrected chi connectivity index (χ4v) is 5.98. The average molecular weight is 419 g/mol. The molecule has 29 heavy (non-hydrogen) atoms. The Balaban J connectivity index is 1.81. The smallest absolute Gasteiger partial charge is 0.243 e. The van der Waals surface area contributed by atoms with E-state index in [9.17, 15) is 17.6 Å². The Bertz CT molecular complexity index is 1030. The van der Waals surface area contributed by atoms with Crippen LogP contribution in [0.5, 0.6) is 0 Å².